The van der Waals surface area contributed by atoms with E-state index < -0.39 is 29.3 Å². The van der Waals surface area contributed by atoms with Crippen molar-refractivity contribution in [1.29, 1.82) is 0 Å². The number of hydrogen-bond acceptors (Lipinski definition) is 5. The molecular formula is C7H13FO5S. The molecule has 1 saturated heterocycles. The summed E-state index contributed by atoms with van der Waals surface area (Å²) in [6, 6.07) is 0. The lowest BCUT2D eigenvalue weighted by Gasteiger charge is -2.16. The molecule has 0 aliphatic carbocycles. The third kappa shape index (κ3) is 3.09. The topological polar surface area (TPSA) is 76.0 Å². The van der Waals surface area contributed by atoms with E-state index in [0.717, 1.165) is 0 Å². The van der Waals surface area contributed by atoms with Gasteiger partial charge >= 0.3 is 5.97 Å². The molecule has 84 valence electrons. The van der Waals surface area contributed by atoms with E-state index in [0.29, 0.717) is 6.42 Å². The molecule has 0 saturated carbocycles. The molecule has 1 rings (SSSR count). The molecule has 2 atom stereocenters. The lowest BCUT2D eigenvalue weighted by molar-refractivity contribution is -0.155. The predicted octanol–water partition coefficient (Wildman–Crippen LogP) is 1.69. The van der Waals surface area contributed by atoms with Crippen LogP contribution in [0.1, 0.15) is 19.8 Å². The van der Waals surface area contributed by atoms with Crippen LogP contribution in [-0.2, 0) is 13.7 Å². The monoisotopic (exact) mass is 228 g/mol. The summed E-state index contributed by atoms with van der Waals surface area (Å²) in [6.45, 7) is 1.78. The molecule has 2 unspecified atom stereocenters. The fourth-order valence-corrected chi connectivity index (χ4v) is 2.20. The summed E-state index contributed by atoms with van der Waals surface area (Å²) in [5.41, 5.74) is 0. The maximum atomic E-state index is 12.9. The van der Waals surface area contributed by atoms with Gasteiger partial charge in [-0.25, -0.2) is 4.39 Å². The molecule has 0 amide bonds. The van der Waals surface area contributed by atoms with Crippen LogP contribution in [-0.4, -0.2) is 33.3 Å². The predicted molar refractivity (Wildman–Crippen MR) is 48.5 cm³/mol. The highest BCUT2D eigenvalue weighted by Gasteiger charge is 2.44. The molecule has 1 aliphatic heterocycles. The molecule has 0 radical (unpaired) electrons. The standard InChI is InChI=1S/C7H13FO5S/c1-2-3-6(9)12-5-4-14(10,11)13-7(5)8/h5,7,10-11H,2-4H2,1H3. The van der Waals surface area contributed by atoms with Gasteiger partial charge in [-0.2, -0.15) is 0 Å². The van der Waals surface area contributed by atoms with Gasteiger partial charge in [-0.15, -0.1) is 0 Å². The number of rotatable bonds is 3. The van der Waals surface area contributed by atoms with E-state index in [1.54, 1.807) is 6.92 Å². The van der Waals surface area contributed by atoms with Gasteiger partial charge in [0, 0.05) is 6.42 Å². The summed E-state index contributed by atoms with van der Waals surface area (Å²) in [4.78, 5) is 11.0. The van der Waals surface area contributed by atoms with Crippen LogP contribution < -0.4 is 0 Å². The summed E-state index contributed by atoms with van der Waals surface area (Å²) < 4.78 is 39.7. The molecule has 0 aromatic heterocycles. The van der Waals surface area contributed by atoms with Crippen LogP contribution in [0.5, 0.6) is 0 Å². The normalized spacial score (nSPS) is 32.6. The van der Waals surface area contributed by atoms with Gasteiger partial charge in [0.2, 0.25) is 0 Å². The Morgan fingerprint density at radius 3 is 2.79 bits per heavy atom. The van der Waals surface area contributed by atoms with Crippen LogP contribution >= 0.6 is 10.9 Å². The quantitative estimate of drug-likeness (QED) is 0.719. The SMILES string of the molecule is CCCC(=O)OC1CS(O)(O)OC1F. The summed E-state index contributed by atoms with van der Waals surface area (Å²) in [5, 5.41) is 0. The van der Waals surface area contributed by atoms with Gasteiger partial charge in [0.1, 0.15) is 0 Å². The summed E-state index contributed by atoms with van der Waals surface area (Å²) in [7, 11) is -3.36. The smallest absolute Gasteiger partial charge is 0.306 e. The van der Waals surface area contributed by atoms with Gasteiger partial charge in [-0.05, 0) is 6.42 Å². The van der Waals surface area contributed by atoms with Crippen molar-refractivity contribution in [2.45, 2.75) is 32.2 Å². The highest BCUT2D eigenvalue weighted by molar-refractivity contribution is 8.20. The van der Waals surface area contributed by atoms with Gasteiger partial charge in [-0.3, -0.25) is 8.98 Å². The van der Waals surface area contributed by atoms with Gasteiger partial charge in [0.05, 0.1) is 16.6 Å². The number of esters is 1. The van der Waals surface area contributed by atoms with Crippen molar-refractivity contribution in [3.63, 3.8) is 0 Å². The molecule has 1 fully saturated rings. The van der Waals surface area contributed by atoms with E-state index in [1.165, 1.54) is 0 Å². The van der Waals surface area contributed by atoms with Crippen molar-refractivity contribution in [2.75, 3.05) is 5.75 Å². The second-order valence-corrected chi connectivity index (χ2v) is 4.74. The minimum absolute atomic E-state index is 0.183. The zero-order valence-corrected chi connectivity index (χ0v) is 8.50. The fraction of sp³-hybridized carbons (Fsp3) is 0.857. The Balaban J connectivity index is 2.42. The molecule has 1 heterocycles. The van der Waals surface area contributed by atoms with Crippen molar-refractivity contribution >= 4 is 16.8 Å². The zero-order chi connectivity index (χ0) is 10.8. The maximum Gasteiger partial charge on any atom is 0.306 e. The Hall–Kier alpha value is -0.370. The Morgan fingerprint density at radius 1 is 1.71 bits per heavy atom. The van der Waals surface area contributed by atoms with Crippen molar-refractivity contribution in [1.82, 2.24) is 0 Å². The number of carbonyl (C=O) groups excluding carboxylic acids is 1. The number of ether oxygens (including phenoxy) is 1. The lowest BCUT2D eigenvalue weighted by atomic mass is 10.3. The third-order valence-corrected chi connectivity index (χ3v) is 2.91. The van der Waals surface area contributed by atoms with E-state index in [4.69, 9.17) is 9.11 Å². The molecule has 0 bridgehead atoms. The second kappa shape index (κ2) is 4.43. The van der Waals surface area contributed by atoms with Gasteiger partial charge in [0.15, 0.2) is 6.10 Å². The van der Waals surface area contributed by atoms with Crippen LogP contribution in [0.15, 0.2) is 0 Å². The third-order valence-electron chi connectivity index (χ3n) is 1.66. The molecule has 0 aromatic carbocycles. The highest BCUT2D eigenvalue weighted by Crippen LogP contribution is 2.49. The summed E-state index contributed by atoms with van der Waals surface area (Å²) in [6.07, 6.45) is -2.36. The Bertz CT molecular complexity index is 222. The lowest BCUT2D eigenvalue weighted by Crippen LogP contribution is -2.26. The summed E-state index contributed by atoms with van der Waals surface area (Å²) in [5.74, 6) is -0.940. The van der Waals surface area contributed by atoms with Crippen LogP contribution in [0.4, 0.5) is 4.39 Å². The Labute approximate surface area is 82.8 Å². The van der Waals surface area contributed by atoms with Crippen molar-refractivity contribution in [3.05, 3.63) is 0 Å². The molecule has 5 nitrogen and oxygen atoms in total. The number of alkyl halides is 1. The minimum Gasteiger partial charge on any atom is -0.455 e. The van der Waals surface area contributed by atoms with E-state index in [-0.39, 0.29) is 12.2 Å². The van der Waals surface area contributed by atoms with Crippen LogP contribution in [0.3, 0.4) is 0 Å². The van der Waals surface area contributed by atoms with Crippen LogP contribution in [0.2, 0.25) is 0 Å². The number of carbonyl (C=O) groups is 1. The minimum atomic E-state index is -3.36. The Kier molecular flexibility index (Phi) is 3.71. The molecule has 14 heavy (non-hydrogen) atoms. The fourth-order valence-electron chi connectivity index (χ4n) is 1.06. The molecule has 7 heteroatoms. The second-order valence-electron chi connectivity index (χ2n) is 3.00. The van der Waals surface area contributed by atoms with Crippen molar-refractivity contribution in [3.8, 4) is 0 Å². The largest absolute Gasteiger partial charge is 0.455 e. The van der Waals surface area contributed by atoms with Crippen LogP contribution in [0.25, 0.3) is 0 Å². The first kappa shape index (κ1) is 11.7. The first-order chi connectivity index (χ1) is 6.44. The van der Waals surface area contributed by atoms with E-state index in [1.807, 2.05) is 0 Å². The molecule has 2 N–H and O–H groups in total. The van der Waals surface area contributed by atoms with Gasteiger partial charge in [0.25, 0.3) is 6.36 Å². The first-order valence-corrected chi connectivity index (χ1v) is 5.86. The average Bonchev–Trinajstić information content (AvgIpc) is 2.25. The van der Waals surface area contributed by atoms with Crippen molar-refractivity contribution in [2.24, 2.45) is 0 Å². The number of halogens is 1. The van der Waals surface area contributed by atoms with E-state index in [9.17, 15) is 9.18 Å². The molecule has 0 aromatic rings. The molecular weight excluding hydrogens is 215 g/mol. The number of hydrogen-bond donors (Lipinski definition) is 2. The zero-order valence-electron chi connectivity index (χ0n) is 7.68. The van der Waals surface area contributed by atoms with Crippen LogP contribution in [0, 0.1) is 0 Å². The Morgan fingerprint density at radius 2 is 2.36 bits per heavy atom. The molecule has 0 spiro atoms. The molecule has 1 aliphatic rings. The van der Waals surface area contributed by atoms with E-state index >= 15 is 0 Å². The van der Waals surface area contributed by atoms with Crippen molar-refractivity contribution < 1.29 is 27.2 Å². The van der Waals surface area contributed by atoms with Gasteiger partial charge < -0.3 is 13.8 Å². The maximum absolute atomic E-state index is 12.9. The first-order valence-electron chi connectivity index (χ1n) is 4.22. The van der Waals surface area contributed by atoms with Gasteiger partial charge in [-0.1, -0.05) is 6.92 Å². The van der Waals surface area contributed by atoms with E-state index in [2.05, 4.69) is 8.92 Å². The highest BCUT2D eigenvalue weighted by atomic mass is 32.3. The summed E-state index contributed by atoms with van der Waals surface area (Å²) >= 11 is 0. The average molecular weight is 228 g/mol.